The lowest BCUT2D eigenvalue weighted by Crippen LogP contribution is -2.54. The summed E-state index contributed by atoms with van der Waals surface area (Å²) < 4.78 is 7.15. The van der Waals surface area contributed by atoms with E-state index < -0.39 is 38.9 Å². The predicted molar refractivity (Wildman–Crippen MR) is 119 cm³/mol. The number of amides is 1. The van der Waals surface area contributed by atoms with E-state index >= 15 is 0 Å². The number of hydrogen-bond acceptors (Lipinski definition) is 9. The summed E-state index contributed by atoms with van der Waals surface area (Å²) in [6.07, 6.45) is 1.85. The molecule has 0 saturated carbocycles. The van der Waals surface area contributed by atoms with Gasteiger partial charge in [-0.25, -0.2) is 4.68 Å². The highest BCUT2D eigenvalue weighted by Gasteiger charge is 2.45. The summed E-state index contributed by atoms with van der Waals surface area (Å²) in [6, 6.07) is 6.91. The van der Waals surface area contributed by atoms with Gasteiger partial charge in [0.2, 0.25) is 5.91 Å². The van der Waals surface area contributed by atoms with Gasteiger partial charge in [-0.15, -0.1) is 17.4 Å². The number of hydrogen-bond donors (Lipinski definition) is 6. The second kappa shape index (κ2) is 11.6. The van der Waals surface area contributed by atoms with E-state index in [1.165, 1.54) is 10.9 Å². The molecule has 1 aliphatic rings. The van der Waals surface area contributed by atoms with Crippen molar-refractivity contribution >= 4 is 20.0 Å². The molecular formula is C21H27N4O7P. The summed E-state index contributed by atoms with van der Waals surface area (Å²) in [5.74, 6) is 2.33. The molecule has 1 aromatic heterocycles. The molecule has 1 saturated heterocycles. The number of anilines is 1. The molecule has 1 amide bonds. The Balaban J connectivity index is 1.72. The molecule has 178 valence electrons. The van der Waals surface area contributed by atoms with Crippen molar-refractivity contribution in [2.75, 3.05) is 11.5 Å². The van der Waals surface area contributed by atoms with Gasteiger partial charge in [0, 0.05) is 24.7 Å². The molecule has 1 aliphatic heterocycles. The van der Waals surface area contributed by atoms with Gasteiger partial charge in [-0.1, -0.05) is 11.3 Å². The molecule has 2 aromatic rings. The summed E-state index contributed by atoms with van der Waals surface area (Å²) in [5.41, 5.74) is 1.37. The minimum absolute atomic E-state index is 0.0134. The topological polar surface area (TPSA) is 170 Å². The molecule has 33 heavy (non-hydrogen) atoms. The Morgan fingerprint density at radius 3 is 2.76 bits per heavy atom. The van der Waals surface area contributed by atoms with Crippen molar-refractivity contribution in [3.63, 3.8) is 0 Å². The third kappa shape index (κ3) is 6.56. The van der Waals surface area contributed by atoms with E-state index in [0.717, 1.165) is 0 Å². The molecule has 3 unspecified atom stereocenters. The number of aliphatic hydroxyl groups is 3. The maximum atomic E-state index is 12.0. The Labute approximate surface area is 191 Å². The Kier molecular flexibility index (Phi) is 8.88. The zero-order valence-corrected chi connectivity index (χ0v) is 18.6. The molecule has 12 heteroatoms. The third-order valence-electron chi connectivity index (χ3n) is 5.25. The van der Waals surface area contributed by atoms with E-state index in [-0.39, 0.29) is 24.2 Å². The number of carbonyl (C=O) groups is 1. The Hall–Kier alpha value is -2.42. The number of terminal acetylenes is 1. The van der Waals surface area contributed by atoms with Crippen LogP contribution < -0.4 is 5.32 Å². The summed E-state index contributed by atoms with van der Waals surface area (Å²) in [7, 11) is -2.18. The fourth-order valence-electron chi connectivity index (χ4n) is 3.51. The van der Waals surface area contributed by atoms with Crippen molar-refractivity contribution in [3.05, 3.63) is 36.2 Å². The van der Waals surface area contributed by atoms with Crippen LogP contribution in [0.15, 0.2) is 30.5 Å². The van der Waals surface area contributed by atoms with Crippen molar-refractivity contribution in [2.24, 2.45) is 0 Å². The first-order chi connectivity index (χ1) is 15.8. The van der Waals surface area contributed by atoms with E-state index in [2.05, 4.69) is 21.5 Å². The molecule has 0 spiro atoms. The molecule has 11 nitrogen and oxygen atoms in total. The van der Waals surface area contributed by atoms with Crippen LogP contribution in [0.1, 0.15) is 37.5 Å². The van der Waals surface area contributed by atoms with Crippen LogP contribution in [0.2, 0.25) is 0 Å². The third-order valence-corrected chi connectivity index (χ3v) is 5.91. The lowest BCUT2D eigenvalue weighted by Gasteiger charge is -2.40. The summed E-state index contributed by atoms with van der Waals surface area (Å²) >= 11 is 0. The molecule has 5 atom stereocenters. The lowest BCUT2D eigenvalue weighted by atomic mass is 9.92. The van der Waals surface area contributed by atoms with Crippen LogP contribution in [-0.2, 0) is 9.53 Å². The van der Waals surface area contributed by atoms with Gasteiger partial charge < -0.3 is 35.2 Å². The molecule has 1 aromatic carbocycles. The van der Waals surface area contributed by atoms with E-state index in [9.17, 15) is 20.1 Å². The van der Waals surface area contributed by atoms with Gasteiger partial charge in [0.15, 0.2) is 8.38 Å². The average Bonchev–Trinajstić information content (AvgIpc) is 3.27. The smallest absolute Gasteiger partial charge is 0.224 e. The molecule has 0 aliphatic carbocycles. The SMILES string of the molecule is C#CCCCC(=O)Nc1cccc(-n2cc([C@H]3OC(CCP(O)O)[C@@H](O)C(O)C3O)nn2)c1. The van der Waals surface area contributed by atoms with Gasteiger partial charge >= 0.3 is 0 Å². The van der Waals surface area contributed by atoms with Crippen molar-refractivity contribution in [2.45, 2.75) is 56.2 Å². The maximum Gasteiger partial charge on any atom is 0.224 e. The van der Waals surface area contributed by atoms with Crippen molar-refractivity contribution in [1.82, 2.24) is 15.0 Å². The van der Waals surface area contributed by atoms with Crippen LogP contribution in [0.3, 0.4) is 0 Å². The highest BCUT2D eigenvalue weighted by Crippen LogP contribution is 2.35. The zero-order valence-electron chi connectivity index (χ0n) is 17.7. The van der Waals surface area contributed by atoms with Gasteiger partial charge in [0.25, 0.3) is 0 Å². The quantitative estimate of drug-likeness (QED) is 0.168. The first-order valence-electron chi connectivity index (χ1n) is 10.4. The fourth-order valence-corrected chi connectivity index (χ4v) is 4.00. The number of carbonyl (C=O) groups excluding carboxylic acids is 1. The first-order valence-corrected chi connectivity index (χ1v) is 11.8. The number of aliphatic hydroxyl groups excluding tert-OH is 3. The molecular weight excluding hydrogens is 451 g/mol. The standard InChI is InChI=1S/C21H27N4O7P/c1-2-3-4-8-17(26)22-13-6-5-7-14(11-13)25-12-15(23-24-25)21-20(29)19(28)18(27)16(32-21)9-10-33(30)31/h1,5-7,11-12,16,18-21,27-31H,3-4,8-10H2,(H,22,26)/t16?,18-,19?,20?,21-/m1/s1. The molecule has 0 radical (unpaired) electrons. The first kappa shape index (κ1) is 25.2. The number of aromatic nitrogens is 3. The number of ether oxygens (including phenoxy) is 1. The van der Waals surface area contributed by atoms with Gasteiger partial charge in [0.1, 0.15) is 30.1 Å². The monoisotopic (exact) mass is 478 g/mol. The normalized spacial score (nSPS) is 25.1. The number of nitrogens with one attached hydrogen (secondary N) is 1. The molecule has 2 heterocycles. The number of benzene rings is 1. The lowest BCUT2D eigenvalue weighted by molar-refractivity contribution is -0.225. The average molecular weight is 478 g/mol. The largest absolute Gasteiger partial charge is 0.388 e. The number of nitrogens with zero attached hydrogens (tertiary/aromatic N) is 3. The molecule has 6 N–H and O–H groups in total. The predicted octanol–water partition coefficient (Wildman–Crippen LogP) is 0.218. The fraction of sp³-hybridized carbons (Fsp3) is 0.476. The van der Waals surface area contributed by atoms with Crippen molar-refractivity contribution in [1.29, 1.82) is 0 Å². The van der Waals surface area contributed by atoms with Crippen LogP contribution >= 0.6 is 8.38 Å². The van der Waals surface area contributed by atoms with Crippen LogP contribution in [0, 0.1) is 12.3 Å². The van der Waals surface area contributed by atoms with E-state index in [1.54, 1.807) is 24.3 Å². The van der Waals surface area contributed by atoms with Gasteiger partial charge in [0.05, 0.1) is 18.0 Å². The highest BCUT2D eigenvalue weighted by atomic mass is 31.2. The van der Waals surface area contributed by atoms with Gasteiger partial charge in [-0.2, -0.15) is 0 Å². The summed E-state index contributed by atoms with van der Waals surface area (Å²) in [5, 5.41) is 41.7. The van der Waals surface area contributed by atoms with Crippen molar-refractivity contribution in [3.8, 4) is 18.0 Å². The minimum Gasteiger partial charge on any atom is -0.388 e. The Bertz CT molecular complexity index is 980. The zero-order chi connectivity index (χ0) is 24.0. The molecule has 3 rings (SSSR count). The van der Waals surface area contributed by atoms with Crippen LogP contribution in [0.4, 0.5) is 5.69 Å². The molecule has 0 bridgehead atoms. The summed E-state index contributed by atoms with van der Waals surface area (Å²) in [4.78, 5) is 30.3. The second-order valence-corrected chi connectivity index (χ2v) is 8.89. The van der Waals surface area contributed by atoms with Crippen LogP contribution in [0.5, 0.6) is 0 Å². The number of unbranched alkanes of at least 4 members (excludes halogenated alkanes) is 1. The van der Waals surface area contributed by atoms with E-state index in [1.807, 2.05) is 0 Å². The summed E-state index contributed by atoms with van der Waals surface area (Å²) in [6.45, 7) is 0. The Morgan fingerprint density at radius 2 is 2.03 bits per heavy atom. The van der Waals surface area contributed by atoms with Gasteiger partial charge in [-0.3, -0.25) is 4.79 Å². The van der Waals surface area contributed by atoms with Gasteiger partial charge in [-0.05, 0) is 31.0 Å². The van der Waals surface area contributed by atoms with E-state index in [0.29, 0.717) is 30.6 Å². The van der Waals surface area contributed by atoms with Crippen LogP contribution in [0.25, 0.3) is 5.69 Å². The Morgan fingerprint density at radius 1 is 1.24 bits per heavy atom. The second-order valence-electron chi connectivity index (χ2n) is 7.70. The van der Waals surface area contributed by atoms with Crippen molar-refractivity contribution < 1.29 is 34.6 Å². The van der Waals surface area contributed by atoms with Crippen LogP contribution in [-0.4, -0.2) is 76.6 Å². The number of rotatable bonds is 9. The highest BCUT2D eigenvalue weighted by molar-refractivity contribution is 7.45. The maximum absolute atomic E-state index is 12.0. The van der Waals surface area contributed by atoms with E-state index in [4.69, 9.17) is 20.9 Å². The molecule has 1 fully saturated rings. The minimum atomic E-state index is -2.18.